The molecule has 26 heavy (non-hydrogen) atoms. The summed E-state index contributed by atoms with van der Waals surface area (Å²) in [6, 6.07) is 15.4. The highest BCUT2D eigenvalue weighted by atomic mass is 16.1. The standard InChI is InChI=1S/C20H17N5O/c21-11-14-5-1-2-6-15(14)12-25-10-8-16-18(13-25)23-19(24-20(16)26)17-7-3-4-9-22-17/h1-7,9H,8,10,12-13H2,(H,23,24,26). The van der Waals surface area contributed by atoms with E-state index < -0.39 is 0 Å². The molecule has 1 aromatic carbocycles. The minimum Gasteiger partial charge on any atom is -0.305 e. The van der Waals surface area contributed by atoms with Gasteiger partial charge >= 0.3 is 0 Å². The van der Waals surface area contributed by atoms with Crippen LogP contribution in [0, 0.1) is 11.3 Å². The van der Waals surface area contributed by atoms with Gasteiger partial charge < -0.3 is 4.98 Å². The maximum Gasteiger partial charge on any atom is 0.254 e. The lowest BCUT2D eigenvalue weighted by molar-refractivity contribution is 0.240. The van der Waals surface area contributed by atoms with Crippen LogP contribution in [0.4, 0.5) is 0 Å². The monoisotopic (exact) mass is 343 g/mol. The Bertz CT molecular complexity index is 1040. The van der Waals surface area contributed by atoms with Crippen LogP contribution in [0.25, 0.3) is 11.5 Å². The minimum atomic E-state index is -0.0901. The highest BCUT2D eigenvalue weighted by Crippen LogP contribution is 2.20. The quantitative estimate of drug-likeness (QED) is 0.788. The van der Waals surface area contributed by atoms with Gasteiger partial charge in [0.25, 0.3) is 5.56 Å². The fourth-order valence-corrected chi connectivity index (χ4v) is 3.26. The molecule has 0 atom stereocenters. The second-order valence-electron chi connectivity index (χ2n) is 6.28. The van der Waals surface area contributed by atoms with Crippen molar-refractivity contribution in [2.24, 2.45) is 0 Å². The van der Waals surface area contributed by atoms with E-state index in [9.17, 15) is 10.1 Å². The van der Waals surface area contributed by atoms with Gasteiger partial charge in [-0.1, -0.05) is 24.3 Å². The molecular formula is C20H17N5O. The van der Waals surface area contributed by atoms with Gasteiger partial charge in [-0.05, 0) is 30.2 Å². The molecule has 0 amide bonds. The van der Waals surface area contributed by atoms with Crippen LogP contribution in [0.5, 0.6) is 0 Å². The molecule has 3 heterocycles. The fraction of sp³-hybridized carbons (Fsp3) is 0.200. The normalized spacial score (nSPS) is 13.8. The average Bonchev–Trinajstić information content (AvgIpc) is 2.69. The molecule has 0 unspecified atom stereocenters. The largest absolute Gasteiger partial charge is 0.305 e. The fourth-order valence-electron chi connectivity index (χ4n) is 3.26. The van der Waals surface area contributed by atoms with E-state index in [-0.39, 0.29) is 5.56 Å². The molecule has 0 fully saturated rings. The lowest BCUT2D eigenvalue weighted by Crippen LogP contribution is -2.35. The summed E-state index contributed by atoms with van der Waals surface area (Å²) >= 11 is 0. The Kier molecular flexibility index (Phi) is 4.30. The number of benzene rings is 1. The summed E-state index contributed by atoms with van der Waals surface area (Å²) in [5, 5.41) is 9.27. The Morgan fingerprint density at radius 3 is 2.85 bits per heavy atom. The van der Waals surface area contributed by atoms with Crippen LogP contribution in [0.15, 0.2) is 53.5 Å². The van der Waals surface area contributed by atoms with E-state index in [4.69, 9.17) is 0 Å². The molecule has 6 heteroatoms. The van der Waals surface area contributed by atoms with Crippen LogP contribution < -0.4 is 5.56 Å². The van der Waals surface area contributed by atoms with Gasteiger partial charge in [0, 0.05) is 31.4 Å². The highest BCUT2D eigenvalue weighted by molar-refractivity contribution is 5.49. The second-order valence-corrected chi connectivity index (χ2v) is 6.28. The summed E-state index contributed by atoms with van der Waals surface area (Å²) in [6.07, 6.45) is 2.33. The molecule has 0 spiro atoms. The van der Waals surface area contributed by atoms with E-state index in [0.29, 0.717) is 36.6 Å². The van der Waals surface area contributed by atoms with Crippen molar-refractivity contribution in [3.05, 3.63) is 81.4 Å². The van der Waals surface area contributed by atoms with Gasteiger partial charge in [-0.25, -0.2) is 4.98 Å². The van der Waals surface area contributed by atoms with Crippen LogP contribution in [-0.2, 0) is 19.5 Å². The van der Waals surface area contributed by atoms with Crippen molar-refractivity contribution < 1.29 is 0 Å². The number of nitrogens with zero attached hydrogens (tertiary/aromatic N) is 4. The summed E-state index contributed by atoms with van der Waals surface area (Å²) in [6.45, 7) is 2.01. The van der Waals surface area contributed by atoms with Gasteiger partial charge in [0.05, 0.1) is 17.3 Å². The number of hydrogen-bond acceptors (Lipinski definition) is 5. The molecule has 2 aromatic heterocycles. The van der Waals surface area contributed by atoms with Crippen molar-refractivity contribution in [3.63, 3.8) is 0 Å². The summed E-state index contributed by atoms with van der Waals surface area (Å²) in [4.78, 5) is 26.4. The number of hydrogen-bond donors (Lipinski definition) is 1. The number of aromatic nitrogens is 3. The Morgan fingerprint density at radius 2 is 2.04 bits per heavy atom. The molecule has 0 saturated carbocycles. The number of pyridine rings is 1. The topological polar surface area (TPSA) is 85.7 Å². The van der Waals surface area contributed by atoms with Gasteiger partial charge in [-0.2, -0.15) is 5.26 Å². The van der Waals surface area contributed by atoms with Crippen molar-refractivity contribution in [3.8, 4) is 17.6 Å². The number of nitriles is 1. The van der Waals surface area contributed by atoms with Crippen molar-refractivity contribution in [2.75, 3.05) is 6.54 Å². The third-order valence-electron chi connectivity index (χ3n) is 4.59. The molecule has 1 aliphatic rings. The highest BCUT2D eigenvalue weighted by Gasteiger charge is 2.22. The number of H-pyrrole nitrogens is 1. The summed E-state index contributed by atoms with van der Waals surface area (Å²) in [7, 11) is 0. The van der Waals surface area contributed by atoms with E-state index in [1.165, 1.54) is 0 Å². The zero-order chi connectivity index (χ0) is 17.9. The summed E-state index contributed by atoms with van der Waals surface area (Å²) in [5.41, 5.74) is 3.77. The average molecular weight is 343 g/mol. The molecule has 4 rings (SSSR count). The first-order chi connectivity index (χ1) is 12.7. The van der Waals surface area contributed by atoms with Crippen LogP contribution in [0.3, 0.4) is 0 Å². The second kappa shape index (κ2) is 6.90. The van der Waals surface area contributed by atoms with E-state index in [0.717, 1.165) is 23.4 Å². The molecular weight excluding hydrogens is 326 g/mol. The first-order valence-corrected chi connectivity index (χ1v) is 8.48. The van der Waals surface area contributed by atoms with Gasteiger partial charge in [0.1, 0.15) is 5.69 Å². The van der Waals surface area contributed by atoms with Crippen LogP contribution in [0.1, 0.15) is 22.4 Å². The predicted molar refractivity (Wildman–Crippen MR) is 97.1 cm³/mol. The zero-order valence-corrected chi connectivity index (χ0v) is 14.1. The predicted octanol–water partition coefficient (Wildman–Crippen LogP) is 2.26. The van der Waals surface area contributed by atoms with Crippen molar-refractivity contribution in [2.45, 2.75) is 19.5 Å². The molecule has 0 radical (unpaired) electrons. The van der Waals surface area contributed by atoms with Gasteiger partial charge in [0.15, 0.2) is 5.82 Å². The van der Waals surface area contributed by atoms with Crippen LogP contribution >= 0.6 is 0 Å². The number of nitrogens with one attached hydrogen (secondary N) is 1. The van der Waals surface area contributed by atoms with Crippen LogP contribution in [0.2, 0.25) is 0 Å². The molecule has 0 aliphatic carbocycles. The maximum atomic E-state index is 12.4. The number of fused-ring (bicyclic) bond motifs is 1. The van der Waals surface area contributed by atoms with Crippen molar-refractivity contribution >= 4 is 0 Å². The molecule has 6 nitrogen and oxygen atoms in total. The van der Waals surface area contributed by atoms with Gasteiger partial charge in [-0.15, -0.1) is 0 Å². The lowest BCUT2D eigenvalue weighted by atomic mass is 10.0. The van der Waals surface area contributed by atoms with Gasteiger partial charge in [-0.3, -0.25) is 14.7 Å². The summed E-state index contributed by atoms with van der Waals surface area (Å²) in [5.74, 6) is 0.494. The van der Waals surface area contributed by atoms with Gasteiger partial charge in [0.2, 0.25) is 0 Å². The molecule has 0 saturated heterocycles. The summed E-state index contributed by atoms with van der Waals surface area (Å²) < 4.78 is 0. The van der Waals surface area contributed by atoms with Crippen molar-refractivity contribution in [1.29, 1.82) is 5.26 Å². The SMILES string of the molecule is N#Cc1ccccc1CN1CCc2c(nc(-c3ccccn3)[nH]c2=O)C1. The molecule has 3 aromatic rings. The van der Waals surface area contributed by atoms with E-state index in [2.05, 4.69) is 25.9 Å². The first-order valence-electron chi connectivity index (χ1n) is 8.48. The first kappa shape index (κ1) is 16.2. The van der Waals surface area contributed by atoms with Crippen molar-refractivity contribution in [1.82, 2.24) is 19.9 Å². The number of aromatic amines is 1. The van der Waals surface area contributed by atoms with E-state index >= 15 is 0 Å². The Morgan fingerprint density at radius 1 is 1.19 bits per heavy atom. The smallest absolute Gasteiger partial charge is 0.254 e. The van der Waals surface area contributed by atoms with E-state index in [1.54, 1.807) is 6.20 Å². The molecule has 1 aliphatic heterocycles. The van der Waals surface area contributed by atoms with Crippen LogP contribution in [-0.4, -0.2) is 26.4 Å². The third-order valence-corrected chi connectivity index (χ3v) is 4.59. The molecule has 128 valence electrons. The Hall–Kier alpha value is -3.30. The number of rotatable bonds is 3. The maximum absolute atomic E-state index is 12.4. The van der Waals surface area contributed by atoms with E-state index in [1.807, 2.05) is 42.5 Å². The zero-order valence-electron chi connectivity index (χ0n) is 14.1. The minimum absolute atomic E-state index is 0.0901. The molecule has 0 bridgehead atoms. The molecule has 1 N–H and O–H groups in total. The third kappa shape index (κ3) is 3.13. The lowest BCUT2D eigenvalue weighted by Gasteiger charge is -2.28. The Labute approximate surface area is 150 Å². The Balaban J connectivity index is 1.63.